The Morgan fingerprint density at radius 3 is 2.55 bits per heavy atom. The molecule has 174 valence electrons. The maximum Gasteiger partial charge on any atom is 0.390 e. The number of rotatable bonds is 11. The van der Waals surface area contributed by atoms with Gasteiger partial charge in [-0.05, 0) is 36.1 Å². The number of aryl methyl sites for hydroxylation is 1. The van der Waals surface area contributed by atoms with E-state index in [0.29, 0.717) is 17.2 Å². The Morgan fingerprint density at radius 2 is 1.88 bits per heavy atom. The van der Waals surface area contributed by atoms with E-state index >= 15 is 0 Å². The Morgan fingerprint density at radius 1 is 1.18 bits per heavy atom. The molecule has 3 rings (SSSR count). The molecule has 2 aromatic heterocycles. The standard InChI is InChI=1S/C19H21N7O7/c1-12-9-16(26(29)30)23-25(12)10-15-22-19(33-24-15)18(28)21-8-7-20-17(27)11-32-14-5-3-13(31-2)4-6-14/h3-6,9H,7-8,10-11H2,1-2H3,(H,20,27)(H,21,28). The molecule has 14 heteroatoms. The summed E-state index contributed by atoms with van der Waals surface area (Å²) in [4.78, 5) is 38.1. The van der Waals surface area contributed by atoms with Crippen molar-refractivity contribution in [3.05, 3.63) is 57.9 Å². The number of nitrogens with zero attached hydrogens (tertiary/aromatic N) is 5. The van der Waals surface area contributed by atoms with E-state index in [1.807, 2.05) is 0 Å². The minimum absolute atomic E-state index is 0.000701. The van der Waals surface area contributed by atoms with Crippen LogP contribution < -0.4 is 20.1 Å². The van der Waals surface area contributed by atoms with Crippen LogP contribution >= 0.6 is 0 Å². The third kappa shape index (κ3) is 6.49. The molecule has 0 bridgehead atoms. The third-order valence-corrected chi connectivity index (χ3v) is 4.27. The first-order valence-electron chi connectivity index (χ1n) is 9.69. The van der Waals surface area contributed by atoms with Gasteiger partial charge in [-0.15, -0.1) is 0 Å². The normalized spacial score (nSPS) is 10.5. The smallest absolute Gasteiger partial charge is 0.390 e. The van der Waals surface area contributed by atoms with Gasteiger partial charge < -0.3 is 34.7 Å². The van der Waals surface area contributed by atoms with Gasteiger partial charge in [0.2, 0.25) is 0 Å². The molecule has 0 saturated heterocycles. The van der Waals surface area contributed by atoms with E-state index in [4.69, 9.17) is 14.0 Å². The number of amides is 2. The monoisotopic (exact) mass is 459 g/mol. The quantitative estimate of drug-likeness (QED) is 0.233. The zero-order chi connectivity index (χ0) is 23.8. The second-order valence-corrected chi connectivity index (χ2v) is 6.64. The highest BCUT2D eigenvalue weighted by Crippen LogP contribution is 2.16. The number of carbonyl (C=O) groups excluding carboxylic acids is 2. The van der Waals surface area contributed by atoms with Gasteiger partial charge in [-0.1, -0.05) is 5.16 Å². The number of nitro groups is 1. The van der Waals surface area contributed by atoms with Crippen molar-refractivity contribution < 1.29 is 28.5 Å². The van der Waals surface area contributed by atoms with Crippen LogP contribution in [0.4, 0.5) is 5.82 Å². The number of benzene rings is 1. The van der Waals surface area contributed by atoms with Gasteiger partial charge in [0, 0.05) is 13.1 Å². The molecule has 1 aromatic carbocycles. The fraction of sp³-hybridized carbons (Fsp3) is 0.316. The van der Waals surface area contributed by atoms with Crippen LogP contribution in [-0.2, 0) is 11.3 Å². The van der Waals surface area contributed by atoms with Crippen LogP contribution in [0.3, 0.4) is 0 Å². The van der Waals surface area contributed by atoms with Crippen LogP contribution in [-0.4, -0.2) is 63.5 Å². The van der Waals surface area contributed by atoms with Gasteiger partial charge in [-0.2, -0.15) is 9.67 Å². The van der Waals surface area contributed by atoms with Gasteiger partial charge in [0.05, 0.1) is 24.0 Å². The first-order valence-corrected chi connectivity index (χ1v) is 9.69. The second kappa shape index (κ2) is 10.7. The van der Waals surface area contributed by atoms with E-state index in [0.717, 1.165) is 0 Å². The van der Waals surface area contributed by atoms with E-state index in [2.05, 4.69) is 25.9 Å². The van der Waals surface area contributed by atoms with Crippen LogP contribution in [0.25, 0.3) is 0 Å². The van der Waals surface area contributed by atoms with E-state index < -0.39 is 10.8 Å². The summed E-state index contributed by atoms with van der Waals surface area (Å²) in [5.41, 5.74) is 0.532. The van der Waals surface area contributed by atoms with Crippen molar-refractivity contribution in [3.8, 4) is 11.5 Å². The molecule has 2 heterocycles. The van der Waals surface area contributed by atoms with Crippen LogP contribution in [0, 0.1) is 17.0 Å². The Hall–Kier alpha value is -4.49. The first-order chi connectivity index (χ1) is 15.9. The van der Waals surface area contributed by atoms with Gasteiger partial charge in [0.15, 0.2) is 12.4 Å². The molecular formula is C19H21N7O7. The number of hydrogen-bond acceptors (Lipinski definition) is 10. The van der Waals surface area contributed by atoms with Crippen LogP contribution in [0.2, 0.25) is 0 Å². The van der Waals surface area contributed by atoms with Crippen molar-refractivity contribution in [2.45, 2.75) is 13.5 Å². The van der Waals surface area contributed by atoms with Crippen molar-refractivity contribution in [2.75, 3.05) is 26.8 Å². The number of hydrogen-bond donors (Lipinski definition) is 2. The number of ether oxygens (including phenoxy) is 2. The van der Waals surface area contributed by atoms with Gasteiger partial charge in [-0.3, -0.25) is 9.59 Å². The zero-order valence-corrected chi connectivity index (χ0v) is 17.8. The molecule has 0 radical (unpaired) electrons. The van der Waals surface area contributed by atoms with Gasteiger partial charge >= 0.3 is 17.6 Å². The summed E-state index contributed by atoms with van der Waals surface area (Å²) in [5, 5.41) is 23.4. The Bertz CT molecular complexity index is 1120. The molecule has 0 aliphatic carbocycles. The van der Waals surface area contributed by atoms with E-state index in [9.17, 15) is 19.7 Å². The average Bonchev–Trinajstić information content (AvgIpc) is 3.43. The molecule has 14 nitrogen and oxygen atoms in total. The number of aromatic nitrogens is 4. The number of methoxy groups -OCH3 is 1. The second-order valence-electron chi connectivity index (χ2n) is 6.64. The molecule has 0 unspecified atom stereocenters. The Kier molecular flexibility index (Phi) is 7.51. The molecule has 0 spiro atoms. The van der Waals surface area contributed by atoms with Crippen LogP contribution in [0.5, 0.6) is 11.5 Å². The summed E-state index contributed by atoms with van der Waals surface area (Å²) in [6, 6.07) is 8.10. The summed E-state index contributed by atoms with van der Waals surface area (Å²) in [5.74, 6) is -0.235. The lowest BCUT2D eigenvalue weighted by molar-refractivity contribution is -0.389. The lowest BCUT2D eigenvalue weighted by Gasteiger charge is -2.08. The summed E-state index contributed by atoms with van der Waals surface area (Å²) >= 11 is 0. The predicted molar refractivity (Wildman–Crippen MR) is 111 cm³/mol. The van der Waals surface area contributed by atoms with Gasteiger partial charge in [0.25, 0.3) is 5.91 Å². The molecule has 33 heavy (non-hydrogen) atoms. The highest BCUT2D eigenvalue weighted by atomic mass is 16.6. The molecule has 0 fully saturated rings. The predicted octanol–water partition coefficient (Wildman–Crippen LogP) is 0.465. The summed E-state index contributed by atoms with van der Waals surface area (Å²) < 4.78 is 16.6. The Balaban J connectivity index is 1.38. The summed E-state index contributed by atoms with van der Waals surface area (Å²) in [6.45, 7) is 1.74. The minimum atomic E-state index is -0.624. The fourth-order valence-corrected chi connectivity index (χ4v) is 2.61. The summed E-state index contributed by atoms with van der Waals surface area (Å²) in [6.07, 6.45) is 0. The largest absolute Gasteiger partial charge is 0.497 e. The fourth-order valence-electron chi connectivity index (χ4n) is 2.61. The van der Waals surface area contributed by atoms with Crippen molar-refractivity contribution in [3.63, 3.8) is 0 Å². The molecule has 2 amide bonds. The minimum Gasteiger partial charge on any atom is -0.497 e. The maximum absolute atomic E-state index is 12.1. The highest BCUT2D eigenvalue weighted by Gasteiger charge is 2.19. The van der Waals surface area contributed by atoms with Crippen molar-refractivity contribution in [1.82, 2.24) is 30.6 Å². The zero-order valence-electron chi connectivity index (χ0n) is 17.8. The number of nitrogens with one attached hydrogen (secondary N) is 2. The van der Waals surface area contributed by atoms with Crippen molar-refractivity contribution in [2.24, 2.45) is 0 Å². The van der Waals surface area contributed by atoms with Crippen molar-refractivity contribution >= 4 is 17.6 Å². The average molecular weight is 459 g/mol. The van der Waals surface area contributed by atoms with E-state index in [1.165, 1.54) is 10.7 Å². The summed E-state index contributed by atoms with van der Waals surface area (Å²) in [7, 11) is 1.55. The number of carbonyl (C=O) groups is 2. The molecule has 0 aliphatic heterocycles. The lowest BCUT2D eigenvalue weighted by Crippen LogP contribution is -2.36. The third-order valence-electron chi connectivity index (χ3n) is 4.27. The molecule has 0 atom stereocenters. The highest BCUT2D eigenvalue weighted by molar-refractivity contribution is 5.89. The SMILES string of the molecule is COc1ccc(OCC(=O)NCCNC(=O)c2nc(Cn3nc([N+](=O)[O-])cc3C)no2)cc1. The molecule has 0 aliphatic rings. The molecule has 2 N–H and O–H groups in total. The van der Waals surface area contributed by atoms with Crippen LogP contribution in [0.1, 0.15) is 22.2 Å². The van der Waals surface area contributed by atoms with E-state index in [-0.39, 0.29) is 49.7 Å². The lowest BCUT2D eigenvalue weighted by atomic mass is 10.3. The van der Waals surface area contributed by atoms with Gasteiger partial charge in [-0.25, -0.2) is 0 Å². The van der Waals surface area contributed by atoms with Crippen molar-refractivity contribution in [1.29, 1.82) is 0 Å². The van der Waals surface area contributed by atoms with Gasteiger partial charge in [0.1, 0.15) is 18.0 Å². The topological polar surface area (TPSA) is 177 Å². The Labute approximate surface area is 187 Å². The van der Waals surface area contributed by atoms with E-state index in [1.54, 1.807) is 38.3 Å². The van der Waals surface area contributed by atoms with Crippen LogP contribution in [0.15, 0.2) is 34.9 Å². The maximum atomic E-state index is 12.1. The molecular weight excluding hydrogens is 438 g/mol. The molecule has 3 aromatic rings. The molecule has 0 saturated carbocycles. The first kappa shape index (κ1) is 23.2.